The molecule has 0 radical (unpaired) electrons. The number of aliphatic hydroxyl groups is 1. The van der Waals surface area contributed by atoms with Crippen LogP contribution in [0.2, 0.25) is 0 Å². The molecule has 0 aliphatic rings. The molecule has 0 fully saturated rings. The van der Waals surface area contributed by atoms with Gasteiger partial charge in [-0.1, -0.05) is 14.9 Å². The van der Waals surface area contributed by atoms with E-state index in [0.29, 0.717) is 6.61 Å². The minimum Gasteiger partial charge on any atom is -0.460 e. The van der Waals surface area contributed by atoms with Crippen molar-refractivity contribution in [2.75, 3.05) is 0 Å². The Kier molecular flexibility index (Phi) is 13.3. The summed E-state index contributed by atoms with van der Waals surface area (Å²) in [5.74, 6) is -0.237. The average molecular weight is 488 g/mol. The van der Waals surface area contributed by atoms with Gasteiger partial charge in [-0.3, -0.25) is 4.79 Å². The first-order valence-electron chi connectivity index (χ1n) is 6.07. The number of thiophene rings is 2. The molecule has 0 bridgehead atoms. The van der Waals surface area contributed by atoms with Gasteiger partial charge in [-0.15, -0.1) is 22.7 Å². The number of hydrogen-bond acceptors (Lipinski definition) is 5. The summed E-state index contributed by atoms with van der Waals surface area (Å²) in [6.45, 7) is 5.95. The highest BCUT2D eigenvalue weighted by molar-refractivity contribution is 9.11. The second-order valence-electron chi connectivity index (χ2n) is 4.25. The van der Waals surface area contributed by atoms with E-state index in [1.54, 1.807) is 22.7 Å². The number of rotatable bonds is 3. The lowest BCUT2D eigenvalue weighted by atomic mass is 10.3. The van der Waals surface area contributed by atoms with E-state index in [9.17, 15) is 4.79 Å². The topological polar surface area (TPSA) is 46.5 Å². The fourth-order valence-electron chi connectivity index (χ4n) is 1.42. The smallest absolute Gasteiger partial charge is 0.302 e. The summed E-state index contributed by atoms with van der Waals surface area (Å²) in [6.07, 6.45) is 0. The number of hydrogen-bond donors (Lipinski definition) is 1. The third-order valence-electron chi connectivity index (χ3n) is 2.53. The van der Waals surface area contributed by atoms with Crippen molar-refractivity contribution in [1.29, 1.82) is 0 Å². The van der Waals surface area contributed by atoms with Gasteiger partial charge in [0.05, 0.1) is 14.2 Å². The van der Waals surface area contributed by atoms with E-state index in [4.69, 9.17) is 9.84 Å². The van der Waals surface area contributed by atoms with Crippen LogP contribution in [0, 0.1) is 13.8 Å². The molecule has 23 heavy (non-hydrogen) atoms. The van der Waals surface area contributed by atoms with Gasteiger partial charge in [0.15, 0.2) is 0 Å². The zero-order chi connectivity index (χ0) is 16.0. The maximum atomic E-state index is 10.5. The van der Waals surface area contributed by atoms with Crippen molar-refractivity contribution in [2.45, 2.75) is 48.8 Å². The Morgan fingerprint density at radius 1 is 1.09 bits per heavy atom. The third kappa shape index (κ3) is 9.00. The molecule has 132 valence electrons. The molecule has 3 nitrogen and oxygen atoms in total. The van der Waals surface area contributed by atoms with Gasteiger partial charge < -0.3 is 9.84 Å². The molecule has 7 heteroatoms. The molecule has 0 aliphatic heterocycles. The number of carbonyl (C=O) groups excluding carboxylic acids is 1. The molecule has 2 heterocycles. The van der Waals surface area contributed by atoms with Gasteiger partial charge in [0.2, 0.25) is 0 Å². The van der Waals surface area contributed by atoms with Crippen LogP contribution in [-0.4, -0.2) is 11.1 Å². The summed E-state index contributed by atoms with van der Waals surface area (Å²) in [7, 11) is 0. The fraction of sp³-hybridized carbons (Fsp3) is 0.438. The number of ether oxygens (including phenoxy) is 1. The van der Waals surface area contributed by atoms with Crippen molar-refractivity contribution in [1.82, 2.24) is 0 Å². The highest BCUT2D eigenvalue weighted by Crippen LogP contribution is 2.27. The van der Waals surface area contributed by atoms with Crippen molar-refractivity contribution < 1.29 is 14.6 Å². The maximum absolute atomic E-state index is 10.5. The lowest BCUT2D eigenvalue weighted by molar-refractivity contribution is -0.142. The lowest BCUT2D eigenvalue weighted by Gasteiger charge is -1.98. The number of aryl methyl sites for hydroxylation is 2. The predicted molar refractivity (Wildman–Crippen MR) is 108 cm³/mol. The highest BCUT2D eigenvalue weighted by atomic mass is 79.9. The van der Waals surface area contributed by atoms with E-state index in [-0.39, 0.29) is 27.4 Å². The Morgan fingerprint density at radius 3 is 1.78 bits per heavy atom. The lowest BCUT2D eigenvalue weighted by Crippen LogP contribution is -1.97. The van der Waals surface area contributed by atoms with Crippen LogP contribution >= 0.6 is 54.5 Å². The molecule has 2 aromatic heterocycles. The molecular formula is C16H24Br2O3S2. The summed E-state index contributed by atoms with van der Waals surface area (Å²) in [5, 5.41) is 8.72. The van der Waals surface area contributed by atoms with Gasteiger partial charge in [-0.25, -0.2) is 0 Å². The minimum absolute atomic E-state index is 0. The fourth-order valence-corrected chi connectivity index (χ4v) is 4.85. The van der Waals surface area contributed by atoms with Crippen molar-refractivity contribution in [3.8, 4) is 0 Å². The molecule has 0 aromatic carbocycles. The Labute approximate surface area is 164 Å². The molecule has 0 saturated heterocycles. The van der Waals surface area contributed by atoms with Gasteiger partial charge >= 0.3 is 5.97 Å². The quantitative estimate of drug-likeness (QED) is 0.505. The third-order valence-corrected chi connectivity index (χ3v) is 5.97. The van der Waals surface area contributed by atoms with Crippen LogP contribution in [0.1, 0.15) is 42.7 Å². The normalized spacial score (nSPS) is 9.13. The van der Waals surface area contributed by atoms with Crippen molar-refractivity contribution in [3.05, 3.63) is 40.6 Å². The zero-order valence-corrected chi connectivity index (χ0v) is 16.7. The SMILES string of the molecule is C.C.CC(=O)OCc1sc(Br)cc1C.Cc1cc(Br)sc1CO. The van der Waals surface area contributed by atoms with Gasteiger partial charge in [0.25, 0.3) is 0 Å². The number of carbonyl (C=O) groups is 1. The van der Waals surface area contributed by atoms with Crippen LogP contribution in [0.15, 0.2) is 19.7 Å². The van der Waals surface area contributed by atoms with Crippen molar-refractivity contribution in [2.24, 2.45) is 0 Å². The van der Waals surface area contributed by atoms with E-state index < -0.39 is 0 Å². The summed E-state index contributed by atoms with van der Waals surface area (Å²) in [6, 6.07) is 4.03. The Morgan fingerprint density at radius 2 is 1.52 bits per heavy atom. The Balaban J connectivity index is 0. The number of esters is 1. The molecule has 0 amide bonds. The minimum atomic E-state index is -0.237. The molecular weight excluding hydrogens is 464 g/mol. The number of aliphatic hydroxyl groups excluding tert-OH is 1. The van der Waals surface area contributed by atoms with Gasteiger partial charge in [-0.2, -0.15) is 0 Å². The number of halogens is 2. The van der Waals surface area contributed by atoms with E-state index in [1.165, 1.54) is 6.92 Å². The first-order valence-corrected chi connectivity index (χ1v) is 9.29. The summed E-state index contributed by atoms with van der Waals surface area (Å²) >= 11 is 9.88. The molecule has 2 rings (SSSR count). The summed E-state index contributed by atoms with van der Waals surface area (Å²) < 4.78 is 7.03. The zero-order valence-electron chi connectivity index (χ0n) is 11.9. The van der Waals surface area contributed by atoms with E-state index >= 15 is 0 Å². The van der Waals surface area contributed by atoms with Crippen LogP contribution in [0.5, 0.6) is 0 Å². The molecule has 0 unspecified atom stereocenters. The van der Waals surface area contributed by atoms with Gasteiger partial charge in [0, 0.05) is 16.7 Å². The molecule has 0 saturated carbocycles. The first-order chi connectivity index (χ1) is 9.83. The van der Waals surface area contributed by atoms with Crippen LogP contribution in [0.4, 0.5) is 0 Å². The van der Waals surface area contributed by atoms with E-state index in [2.05, 4.69) is 31.9 Å². The molecule has 2 aromatic rings. The van der Waals surface area contributed by atoms with Crippen LogP contribution < -0.4 is 0 Å². The van der Waals surface area contributed by atoms with Crippen molar-refractivity contribution in [3.63, 3.8) is 0 Å². The first kappa shape index (κ1) is 25.0. The molecule has 0 aliphatic carbocycles. The Bertz CT molecular complexity index is 606. The summed E-state index contributed by atoms with van der Waals surface area (Å²) in [4.78, 5) is 12.6. The Hall–Kier alpha value is -0.210. The van der Waals surface area contributed by atoms with Crippen molar-refractivity contribution >= 4 is 60.5 Å². The monoisotopic (exact) mass is 486 g/mol. The molecule has 1 N–H and O–H groups in total. The maximum Gasteiger partial charge on any atom is 0.302 e. The molecule has 0 atom stereocenters. The second-order valence-corrected chi connectivity index (χ2v) is 9.28. The van der Waals surface area contributed by atoms with E-state index in [0.717, 1.165) is 28.5 Å². The predicted octanol–water partition coefficient (Wildman–Crippen LogP) is 6.47. The van der Waals surface area contributed by atoms with Crippen LogP contribution in [-0.2, 0) is 22.7 Å². The van der Waals surface area contributed by atoms with Crippen LogP contribution in [0.25, 0.3) is 0 Å². The summed E-state index contributed by atoms with van der Waals surface area (Å²) in [5.41, 5.74) is 2.32. The average Bonchev–Trinajstić information content (AvgIpc) is 2.89. The van der Waals surface area contributed by atoms with Crippen LogP contribution in [0.3, 0.4) is 0 Å². The second kappa shape index (κ2) is 12.2. The largest absolute Gasteiger partial charge is 0.460 e. The standard InChI is InChI=1S/C8H9BrO2S.C6H7BrOS.2CH4/c1-5-3-8(9)12-7(5)4-11-6(2)10;1-4-2-6(7)9-5(4)3-8;;/h3H,4H2,1-2H3;2,8H,3H2,1H3;2*1H4. The van der Waals surface area contributed by atoms with Gasteiger partial charge in [-0.05, 0) is 69.0 Å². The molecule has 0 spiro atoms. The highest BCUT2D eigenvalue weighted by Gasteiger charge is 2.04. The van der Waals surface area contributed by atoms with Gasteiger partial charge in [0.1, 0.15) is 6.61 Å². The van der Waals surface area contributed by atoms with E-state index in [1.807, 2.05) is 26.0 Å².